The Kier molecular flexibility index (Phi) is 4.38. The summed E-state index contributed by atoms with van der Waals surface area (Å²) < 4.78 is 50.3. The molecule has 110 valence electrons. The Labute approximate surface area is 116 Å². The smallest absolute Gasteiger partial charge is 0.392 e. The number of methoxy groups -OCH3 is 2. The molecule has 1 aliphatic carbocycles. The minimum atomic E-state index is -4.30. The van der Waals surface area contributed by atoms with Gasteiger partial charge in [0.25, 0.3) is 0 Å². The van der Waals surface area contributed by atoms with Gasteiger partial charge in [0.2, 0.25) is 0 Å². The molecule has 0 saturated carbocycles. The van der Waals surface area contributed by atoms with Crippen molar-refractivity contribution in [2.24, 2.45) is 5.92 Å². The highest BCUT2D eigenvalue weighted by Gasteiger charge is 2.50. The second-order valence-electron chi connectivity index (χ2n) is 4.83. The van der Waals surface area contributed by atoms with Crippen LogP contribution in [0, 0.1) is 5.92 Å². The van der Waals surface area contributed by atoms with Crippen LogP contribution in [-0.2, 0) is 9.47 Å². The minimum absolute atomic E-state index is 0.153. The van der Waals surface area contributed by atoms with Crippen molar-refractivity contribution < 1.29 is 22.6 Å². The monoisotopic (exact) mass is 286 g/mol. The van der Waals surface area contributed by atoms with E-state index in [4.69, 9.17) is 9.47 Å². The summed E-state index contributed by atoms with van der Waals surface area (Å²) >= 11 is 0. The van der Waals surface area contributed by atoms with Gasteiger partial charge < -0.3 is 9.47 Å². The average Bonchev–Trinajstić information content (AvgIpc) is 2.45. The first-order valence-corrected chi connectivity index (χ1v) is 6.36. The van der Waals surface area contributed by atoms with Crippen LogP contribution in [0.1, 0.15) is 17.9 Å². The van der Waals surface area contributed by atoms with Crippen molar-refractivity contribution in [2.45, 2.75) is 24.6 Å². The third-order valence-electron chi connectivity index (χ3n) is 3.70. The van der Waals surface area contributed by atoms with Crippen LogP contribution in [0.3, 0.4) is 0 Å². The fourth-order valence-corrected chi connectivity index (χ4v) is 2.71. The molecule has 20 heavy (non-hydrogen) atoms. The van der Waals surface area contributed by atoms with Gasteiger partial charge in [0.1, 0.15) is 0 Å². The maximum absolute atomic E-state index is 13.4. The summed E-state index contributed by atoms with van der Waals surface area (Å²) in [5.41, 5.74) is 0.632. The van der Waals surface area contributed by atoms with Gasteiger partial charge >= 0.3 is 6.18 Å². The zero-order chi connectivity index (χ0) is 14.8. The first kappa shape index (κ1) is 14.9. The summed E-state index contributed by atoms with van der Waals surface area (Å²) in [7, 11) is 2.80. The van der Waals surface area contributed by atoms with Crippen molar-refractivity contribution in [2.75, 3.05) is 14.2 Å². The summed E-state index contributed by atoms with van der Waals surface area (Å²) in [6.45, 7) is 0. The number of alkyl halides is 3. The SMILES string of the molecule is COC1=CC(OC)C(c2ccccc2)C(C(F)(F)F)C1. The molecule has 0 amide bonds. The van der Waals surface area contributed by atoms with Crippen LogP contribution in [-0.4, -0.2) is 26.5 Å². The van der Waals surface area contributed by atoms with E-state index in [0.29, 0.717) is 11.3 Å². The molecule has 0 heterocycles. The lowest BCUT2D eigenvalue weighted by atomic mass is 9.75. The molecule has 1 aliphatic rings. The van der Waals surface area contributed by atoms with E-state index in [2.05, 4.69) is 0 Å². The maximum atomic E-state index is 13.4. The van der Waals surface area contributed by atoms with Gasteiger partial charge in [-0.15, -0.1) is 0 Å². The Morgan fingerprint density at radius 3 is 2.25 bits per heavy atom. The van der Waals surface area contributed by atoms with Crippen LogP contribution < -0.4 is 0 Å². The first-order valence-electron chi connectivity index (χ1n) is 6.36. The van der Waals surface area contributed by atoms with E-state index in [-0.39, 0.29) is 6.42 Å². The van der Waals surface area contributed by atoms with Crippen molar-refractivity contribution in [1.82, 2.24) is 0 Å². The second-order valence-corrected chi connectivity index (χ2v) is 4.83. The second kappa shape index (κ2) is 5.87. The summed E-state index contributed by atoms with van der Waals surface area (Å²) in [5, 5.41) is 0. The molecule has 0 N–H and O–H groups in total. The molecule has 3 atom stereocenters. The zero-order valence-corrected chi connectivity index (χ0v) is 11.4. The largest absolute Gasteiger partial charge is 0.501 e. The van der Waals surface area contributed by atoms with Crippen LogP contribution in [0.2, 0.25) is 0 Å². The molecule has 2 rings (SSSR count). The van der Waals surface area contributed by atoms with Gasteiger partial charge in [-0.3, -0.25) is 0 Å². The lowest BCUT2D eigenvalue weighted by Gasteiger charge is -2.37. The number of allylic oxidation sites excluding steroid dienone is 1. The number of benzene rings is 1. The normalized spacial score (nSPS) is 27.1. The van der Waals surface area contributed by atoms with E-state index >= 15 is 0 Å². The summed E-state index contributed by atoms with van der Waals surface area (Å²) in [4.78, 5) is 0. The van der Waals surface area contributed by atoms with Gasteiger partial charge in [-0.1, -0.05) is 30.3 Å². The van der Waals surface area contributed by atoms with Gasteiger partial charge in [0, 0.05) is 19.4 Å². The zero-order valence-electron chi connectivity index (χ0n) is 11.4. The number of hydrogen-bond acceptors (Lipinski definition) is 2. The molecule has 0 aliphatic heterocycles. The molecule has 0 radical (unpaired) electrons. The van der Waals surface area contributed by atoms with Crippen LogP contribution in [0.4, 0.5) is 13.2 Å². The lowest BCUT2D eigenvalue weighted by molar-refractivity contribution is -0.191. The molecule has 0 aromatic heterocycles. The van der Waals surface area contributed by atoms with Crippen LogP contribution in [0.25, 0.3) is 0 Å². The Morgan fingerprint density at radius 1 is 1.10 bits per heavy atom. The van der Waals surface area contributed by atoms with Crippen molar-refractivity contribution in [3.63, 3.8) is 0 Å². The van der Waals surface area contributed by atoms with Crippen LogP contribution >= 0.6 is 0 Å². The van der Waals surface area contributed by atoms with Crippen LogP contribution in [0.15, 0.2) is 42.2 Å². The highest BCUT2D eigenvalue weighted by atomic mass is 19.4. The third-order valence-corrected chi connectivity index (χ3v) is 3.70. The quantitative estimate of drug-likeness (QED) is 0.839. The first-order chi connectivity index (χ1) is 9.47. The van der Waals surface area contributed by atoms with E-state index < -0.39 is 24.1 Å². The predicted octanol–water partition coefficient (Wildman–Crippen LogP) is 3.90. The fourth-order valence-electron chi connectivity index (χ4n) is 2.71. The predicted molar refractivity (Wildman–Crippen MR) is 69.2 cm³/mol. The van der Waals surface area contributed by atoms with Gasteiger partial charge in [0.15, 0.2) is 0 Å². The van der Waals surface area contributed by atoms with Crippen molar-refractivity contribution in [3.05, 3.63) is 47.7 Å². The maximum Gasteiger partial charge on any atom is 0.392 e. The Bertz CT molecular complexity index is 468. The standard InChI is InChI=1S/C15H17F3O2/c1-19-11-8-12(15(16,17)18)14(13(9-11)20-2)10-6-4-3-5-7-10/h3-7,9,12-14H,8H2,1-2H3. The fraction of sp³-hybridized carbons (Fsp3) is 0.467. The number of rotatable bonds is 3. The van der Waals surface area contributed by atoms with Crippen molar-refractivity contribution in [1.29, 1.82) is 0 Å². The van der Waals surface area contributed by atoms with Gasteiger partial charge in [-0.25, -0.2) is 0 Å². The molecule has 1 aromatic rings. The molecule has 0 saturated heterocycles. The molecule has 2 nitrogen and oxygen atoms in total. The summed E-state index contributed by atoms with van der Waals surface area (Å²) in [5.74, 6) is -1.93. The van der Waals surface area contributed by atoms with E-state index in [9.17, 15) is 13.2 Å². The minimum Gasteiger partial charge on any atom is -0.501 e. The molecule has 3 unspecified atom stereocenters. The Morgan fingerprint density at radius 2 is 1.75 bits per heavy atom. The highest BCUT2D eigenvalue weighted by molar-refractivity contribution is 5.27. The molecule has 0 bridgehead atoms. The van der Waals surface area contributed by atoms with E-state index in [1.54, 1.807) is 36.4 Å². The number of ether oxygens (including phenoxy) is 2. The van der Waals surface area contributed by atoms with Crippen LogP contribution in [0.5, 0.6) is 0 Å². The van der Waals surface area contributed by atoms with E-state index in [1.807, 2.05) is 0 Å². The average molecular weight is 286 g/mol. The summed E-state index contributed by atoms with van der Waals surface area (Å²) in [6.07, 6.45) is -3.46. The Hall–Kier alpha value is -1.49. The Balaban J connectivity index is 2.44. The molecule has 0 fully saturated rings. The topological polar surface area (TPSA) is 18.5 Å². The molecule has 0 spiro atoms. The molecule has 1 aromatic carbocycles. The highest BCUT2D eigenvalue weighted by Crippen LogP contribution is 2.47. The van der Waals surface area contributed by atoms with E-state index in [0.717, 1.165) is 0 Å². The number of halogens is 3. The van der Waals surface area contributed by atoms with Gasteiger partial charge in [0.05, 0.1) is 24.9 Å². The van der Waals surface area contributed by atoms with Crippen molar-refractivity contribution in [3.8, 4) is 0 Å². The van der Waals surface area contributed by atoms with Gasteiger partial charge in [-0.05, 0) is 11.6 Å². The molecular formula is C15H17F3O2. The third kappa shape index (κ3) is 2.98. The van der Waals surface area contributed by atoms with E-state index in [1.165, 1.54) is 14.2 Å². The lowest BCUT2D eigenvalue weighted by Crippen LogP contribution is -2.39. The van der Waals surface area contributed by atoms with Crippen molar-refractivity contribution >= 4 is 0 Å². The molecule has 5 heteroatoms. The van der Waals surface area contributed by atoms with Gasteiger partial charge in [-0.2, -0.15) is 13.2 Å². The number of hydrogen-bond donors (Lipinski definition) is 0. The summed E-state index contributed by atoms with van der Waals surface area (Å²) in [6, 6.07) is 8.69. The molecular weight excluding hydrogens is 269 g/mol.